The molecule has 6 aromatic rings. The molecule has 70 heavy (non-hydrogen) atoms. The summed E-state index contributed by atoms with van der Waals surface area (Å²) >= 11 is 0. The van der Waals surface area contributed by atoms with E-state index in [1.54, 1.807) is 72.8 Å². The Morgan fingerprint density at radius 3 is 0.829 bits per heavy atom. The Morgan fingerprint density at radius 2 is 0.600 bits per heavy atom. The van der Waals surface area contributed by atoms with E-state index in [1.165, 1.54) is 0 Å². The smallest absolute Gasteiger partial charge is 0.159 e. The van der Waals surface area contributed by atoms with Crippen molar-refractivity contribution in [2.24, 2.45) is 17.2 Å². The number of anilines is 3. The predicted octanol–water partition coefficient (Wildman–Crippen LogP) is 9.15. The van der Waals surface area contributed by atoms with Crippen LogP contribution in [0.5, 0.6) is 17.2 Å². The van der Waals surface area contributed by atoms with Gasteiger partial charge >= 0.3 is 0 Å². The third-order valence-corrected chi connectivity index (χ3v) is 12.7. The normalized spacial score (nSPS) is 12.5. The minimum absolute atomic E-state index is 0.0550. The van der Waals surface area contributed by atoms with Gasteiger partial charge in [-0.2, -0.15) is 0 Å². The Labute approximate surface area is 412 Å². The maximum Gasteiger partial charge on any atom is 0.159 e. The van der Waals surface area contributed by atoms with Crippen molar-refractivity contribution in [2.45, 2.75) is 101 Å². The molecule has 12 nitrogen and oxygen atoms in total. The number of Topliss-reactive ketones (excluding diaryl/α,β-unsaturated/α-hetero) is 3. The minimum Gasteiger partial charge on any atom is -0.508 e. The summed E-state index contributed by atoms with van der Waals surface area (Å²) in [5, 5.41) is 39.9. The van der Waals surface area contributed by atoms with Crippen LogP contribution in [0.3, 0.4) is 0 Å². The second-order valence-electron chi connectivity index (χ2n) is 18.2. The van der Waals surface area contributed by atoms with Crippen LogP contribution in [0.1, 0.15) is 97.1 Å². The van der Waals surface area contributed by atoms with Crippen LogP contribution in [-0.2, 0) is 33.6 Å². The van der Waals surface area contributed by atoms with E-state index in [0.29, 0.717) is 38.9 Å². The van der Waals surface area contributed by atoms with Gasteiger partial charge in [0.2, 0.25) is 0 Å². The van der Waals surface area contributed by atoms with Crippen molar-refractivity contribution < 1.29 is 29.7 Å². The average molecular weight is 947 g/mol. The van der Waals surface area contributed by atoms with E-state index >= 15 is 0 Å². The molecule has 0 radical (unpaired) electrons. The zero-order valence-electron chi connectivity index (χ0n) is 40.1. The molecule has 12 N–H and O–H groups in total. The van der Waals surface area contributed by atoms with Crippen molar-refractivity contribution in [3.63, 3.8) is 0 Å². The lowest BCUT2D eigenvalue weighted by molar-refractivity contribution is -0.120. The minimum atomic E-state index is -0.429. The summed E-state index contributed by atoms with van der Waals surface area (Å²) in [5.41, 5.74) is 25.5. The molecule has 0 saturated carbocycles. The third-order valence-electron chi connectivity index (χ3n) is 12.7. The van der Waals surface area contributed by atoms with Crippen LogP contribution >= 0.6 is 0 Å². The van der Waals surface area contributed by atoms with E-state index in [-0.39, 0.29) is 59.8 Å². The Bertz CT molecular complexity index is 2230. The Hall–Kier alpha value is -6.99. The molecular weight excluding hydrogens is 877 g/mol. The number of aromatic hydroxyl groups is 3. The predicted molar refractivity (Wildman–Crippen MR) is 282 cm³/mol. The lowest BCUT2D eigenvalue weighted by atomic mass is 9.85. The number of unbranched alkanes of at least 4 members (excludes halogenated alkanes) is 3. The molecule has 0 fully saturated rings. The molecule has 6 rings (SSSR count). The van der Waals surface area contributed by atoms with E-state index in [2.05, 4.69) is 52.3 Å². The molecule has 368 valence electrons. The molecule has 6 aromatic carbocycles. The molecule has 0 unspecified atom stereocenters. The lowest BCUT2D eigenvalue weighted by Gasteiger charge is -2.23. The van der Waals surface area contributed by atoms with Gasteiger partial charge in [-0.25, -0.2) is 0 Å². The van der Waals surface area contributed by atoms with E-state index in [1.807, 2.05) is 36.4 Å². The molecule has 0 saturated heterocycles. The SMILES string of the molecule is NCCCC[C@H](Nc1ccc(C(c2ccc(N[C@@H](CCCCN)C(=O)Cc3ccc(O)cc3)cc2)c2ccc(N[C@@H](CCCCN)C(=O)Cc3ccc(O)cc3)cc2)cc1)C(=O)Cc1ccc(O)cc1. The summed E-state index contributed by atoms with van der Waals surface area (Å²) in [6.07, 6.45) is 7.42. The Morgan fingerprint density at radius 1 is 0.357 bits per heavy atom. The van der Waals surface area contributed by atoms with Crippen molar-refractivity contribution in [2.75, 3.05) is 35.6 Å². The number of phenols is 3. The highest BCUT2D eigenvalue weighted by Crippen LogP contribution is 2.35. The summed E-state index contributed by atoms with van der Waals surface area (Å²) < 4.78 is 0. The second-order valence-corrected chi connectivity index (χ2v) is 18.2. The van der Waals surface area contributed by atoms with Gasteiger partial charge in [-0.15, -0.1) is 0 Å². The molecular formula is C58H70N6O6. The molecule has 0 aliphatic carbocycles. The van der Waals surface area contributed by atoms with Crippen LogP contribution in [0.15, 0.2) is 146 Å². The zero-order valence-corrected chi connectivity index (χ0v) is 40.1. The zero-order chi connectivity index (χ0) is 49.7. The third kappa shape index (κ3) is 16.3. The fraction of sp³-hybridized carbons (Fsp3) is 0.328. The quantitative estimate of drug-likeness (QED) is 0.0152. The highest BCUT2D eigenvalue weighted by atomic mass is 16.3. The van der Waals surface area contributed by atoms with E-state index in [9.17, 15) is 29.7 Å². The molecule has 0 heterocycles. The van der Waals surface area contributed by atoms with Crippen molar-refractivity contribution >= 4 is 34.4 Å². The van der Waals surface area contributed by atoms with Gasteiger partial charge < -0.3 is 48.5 Å². The number of ketones is 3. The first-order valence-electron chi connectivity index (χ1n) is 24.6. The summed E-state index contributed by atoms with van der Waals surface area (Å²) in [7, 11) is 0. The number of hydrogen-bond donors (Lipinski definition) is 9. The number of rotatable bonds is 30. The van der Waals surface area contributed by atoms with Gasteiger partial charge in [-0.3, -0.25) is 14.4 Å². The van der Waals surface area contributed by atoms with Gasteiger partial charge in [0.1, 0.15) is 17.2 Å². The maximum absolute atomic E-state index is 13.7. The maximum atomic E-state index is 13.7. The molecule has 0 aliphatic heterocycles. The fourth-order valence-corrected chi connectivity index (χ4v) is 8.73. The van der Waals surface area contributed by atoms with Crippen molar-refractivity contribution in [3.05, 3.63) is 179 Å². The van der Waals surface area contributed by atoms with Crippen LogP contribution in [0.4, 0.5) is 17.1 Å². The lowest BCUT2D eigenvalue weighted by Crippen LogP contribution is -2.31. The van der Waals surface area contributed by atoms with E-state index in [4.69, 9.17) is 17.2 Å². The van der Waals surface area contributed by atoms with Gasteiger partial charge in [-0.1, -0.05) is 72.8 Å². The monoisotopic (exact) mass is 947 g/mol. The van der Waals surface area contributed by atoms with E-state index in [0.717, 1.165) is 89.0 Å². The van der Waals surface area contributed by atoms with E-state index < -0.39 is 18.1 Å². The van der Waals surface area contributed by atoms with Crippen LogP contribution in [-0.4, -0.2) is 70.4 Å². The van der Waals surface area contributed by atoms with Crippen molar-refractivity contribution in [1.29, 1.82) is 0 Å². The number of nitrogens with one attached hydrogen (secondary N) is 3. The van der Waals surface area contributed by atoms with Gasteiger partial charge in [0.15, 0.2) is 17.3 Å². The average Bonchev–Trinajstić information content (AvgIpc) is 3.36. The van der Waals surface area contributed by atoms with Gasteiger partial charge in [0.25, 0.3) is 0 Å². The van der Waals surface area contributed by atoms with Crippen LogP contribution in [0, 0.1) is 0 Å². The molecule has 0 aliphatic rings. The summed E-state index contributed by atoms with van der Waals surface area (Å²) in [4.78, 5) is 41.1. The largest absolute Gasteiger partial charge is 0.508 e. The number of phenolic OH excluding ortho intramolecular Hbond substituents is 3. The highest BCUT2D eigenvalue weighted by molar-refractivity contribution is 5.90. The van der Waals surface area contributed by atoms with Crippen LogP contribution in [0.2, 0.25) is 0 Å². The highest BCUT2D eigenvalue weighted by Gasteiger charge is 2.24. The number of benzene rings is 6. The van der Waals surface area contributed by atoms with Crippen molar-refractivity contribution in [3.8, 4) is 17.2 Å². The number of carbonyl (C=O) groups is 3. The number of nitrogens with two attached hydrogens (primary N) is 3. The topological polar surface area (TPSA) is 226 Å². The fourth-order valence-electron chi connectivity index (χ4n) is 8.73. The van der Waals surface area contributed by atoms with Gasteiger partial charge in [0.05, 0.1) is 18.1 Å². The van der Waals surface area contributed by atoms with Gasteiger partial charge in [0, 0.05) is 42.2 Å². The number of carbonyl (C=O) groups excluding carboxylic acids is 3. The summed E-state index contributed by atoms with van der Waals surface area (Å²) in [6, 6.07) is 43.4. The number of hydrogen-bond acceptors (Lipinski definition) is 12. The Kier molecular flexibility index (Phi) is 20.4. The molecule has 3 atom stereocenters. The first-order chi connectivity index (χ1) is 34.0. The van der Waals surface area contributed by atoms with Crippen LogP contribution in [0.25, 0.3) is 0 Å². The van der Waals surface area contributed by atoms with Crippen molar-refractivity contribution in [1.82, 2.24) is 0 Å². The standard InChI is InChI=1S/C58H70N6O6/c59-34-4-1-7-52(55(68)37-40-10-28-49(65)29-11-40)62-46-22-16-43(17-23-46)58(44-18-24-47(25-19-44)63-53(8-2-5-35-60)56(69)38-41-12-30-50(66)31-13-41)45-20-26-48(27-21-45)64-54(9-3-6-36-61)57(70)39-42-14-32-51(67)33-15-42/h10-33,52-54,58,62-67H,1-9,34-39,59-61H2/t52-,53-,54-/m0/s1. The molecule has 0 amide bonds. The summed E-state index contributed by atoms with van der Waals surface area (Å²) in [6.45, 7) is 1.64. The second kappa shape index (κ2) is 27.3. The van der Waals surface area contributed by atoms with Gasteiger partial charge in [-0.05, 0) is 184 Å². The molecule has 0 bridgehead atoms. The van der Waals surface area contributed by atoms with Crippen LogP contribution < -0.4 is 33.2 Å². The summed E-state index contributed by atoms with van der Waals surface area (Å²) in [5.74, 6) is 0.423. The molecule has 12 heteroatoms. The Balaban J connectivity index is 1.26. The first kappa shape index (κ1) is 52.4. The molecule has 0 aromatic heterocycles. The first-order valence-corrected chi connectivity index (χ1v) is 24.6. The molecule has 0 spiro atoms.